The van der Waals surface area contributed by atoms with Gasteiger partial charge < -0.3 is 10.2 Å². The van der Waals surface area contributed by atoms with E-state index in [0.29, 0.717) is 11.8 Å². The number of aryl methyl sites for hydroxylation is 2. The zero-order valence-corrected chi connectivity index (χ0v) is 7.48. The zero-order chi connectivity index (χ0) is 9.42. The van der Waals surface area contributed by atoms with Crippen LogP contribution >= 0.6 is 0 Å². The maximum absolute atomic E-state index is 5.46. The van der Waals surface area contributed by atoms with E-state index in [2.05, 4.69) is 10.1 Å². The number of nitrogen functional groups attached to an aromatic ring is 1. The molecule has 0 fully saturated rings. The van der Waals surface area contributed by atoms with Crippen LogP contribution in [0.2, 0.25) is 0 Å². The van der Waals surface area contributed by atoms with Crippen molar-refractivity contribution in [2.45, 2.75) is 13.8 Å². The molecule has 2 aromatic heterocycles. The van der Waals surface area contributed by atoms with E-state index >= 15 is 0 Å². The molecule has 2 N–H and O–H groups in total. The van der Waals surface area contributed by atoms with Gasteiger partial charge in [0, 0.05) is 12.3 Å². The summed E-state index contributed by atoms with van der Waals surface area (Å²) in [5, 5.41) is 3.97. The fourth-order valence-corrected chi connectivity index (χ4v) is 0.998. The van der Waals surface area contributed by atoms with E-state index in [0.717, 1.165) is 11.5 Å². The first-order valence-corrected chi connectivity index (χ1v) is 3.92. The SMILES string of the molecule is Cc1nc(-n2ccc(N)n2)oc1C. The summed E-state index contributed by atoms with van der Waals surface area (Å²) in [6.07, 6.45) is 1.71. The number of anilines is 1. The highest BCUT2D eigenvalue weighted by Gasteiger charge is 2.07. The van der Waals surface area contributed by atoms with Crippen molar-refractivity contribution in [3.05, 3.63) is 23.7 Å². The number of aromatic nitrogens is 3. The average molecular weight is 178 g/mol. The van der Waals surface area contributed by atoms with Gasteiger partial charge in [-0.2, -0.15) is 9.67 Å². The second-order valence-electron chi connectivity index (χ2n) is 2.82. The van der Waals surface area contributed by atoms with Crippen molar-refractivity contribution in [3.63, 3.8) is 0 Å². The molecular formula is C8H10N4O. The molecule has 5 heteroatoms. The topological polar surface area (TPSA) is 69.9 Å². The lowest BCUT2D eigenvalue weighted by Gasteiger charge is -1.90. The molecule has 68 valence electrons. The highest BCUT2D eigenvalue weighted by molar-refractivity contribution is 5.27. The van der Waals surface area contributed by atoms with Gasteiger partial charge in [-0.15, -0.1) is 5.10 Å². The van der Waals surface area contributed by atoms with E-state index in [1.165, 1.54) is 4.68 Å². The van der Waals surface area contributed by atoms with Crippen LogP contribution < -0.4 is 5.73 Å². The Bertz CT molecular complexity index is 410. The Morgan fingerprint density at radius 3 is 2.69 bits per heavy atom. The Morgan fingerprint density at radius 1 is 1.46 bits per heavy atom. The highest BCUT2D eigenvalue weighted by Crippen LogP contribution is 2.12. The first-order valence-electron chi connectivity index (χ1n) is 3.92. The smallest absolute Gasteiger partial charge is 0.323 e. The van der Waals surface area contributed by atoms with Gasteiger partial charge in [0.1, 0.15) is 11.6 Å². The molecule has 2 rings (SSSR count). The fourth-order valence-electron chi connectivity index (χ4n) is 0.998. The minimum absolute atomic E-state index is 0.451. The third kappa shape index (κ3) is 1.28. The van der Waals surface area contributed by atoms with E-state index in [1.807, 2.05) is 13.8 Å². The first kappa shape index (κ1) is 7.85. The molecular weight excluding hydrogens is 168 g/mol. The summed E-state index contributed by atoms with van der Waals surface area (Å²) in [6.45, 7) is 3.74. The summed E-state index contributed by atoms with van der Waals surface area (Å²) >= 11 is 0. The summed E-state index contributed by atoms with van der Waals surface area (Å²) in [7, 11) is 0. The Kier molecular flexibility index (Phi) is 1.58. The molecule has 2 aromatic rings. The summed E-state index contributed by atoms with van der Waals surface area (Å²) in [5.41, 5.74) is 6.32. The highest BCUT2D eigenvalue weighted by atomic mass is 16.4. The van der Waals surface area contributed by atoms with Gasteiger partial charge >= 0.3 is 6.01 Å². The number of hydrogen-bond acceptors (Lipinski definition) is 4. The molecule has 0 aliphatic heterocycles. The van der Waals surface area contributed by atoms with Crippen LogP contribution in [0.25, 0.3) is 6.01 Å². The van der Waals surface area contributed by atoms with Gasteiger partial charge in [0.2, 0.25) is 0 Å². The predicted molar refractivity (Wildman–Crippen MR) is 47.5 cm³/mol. The molecule has 0 saturated carbocycles. The maximum atomic E-state index is 5.46. The average Bonchev–Trinajstić information content (AvgIpc) is 2.61. The van der Waals surface area contributed by atoms with Gasteiger partial charge in [-0.05, 0) is 13.8 Å². The summed E-state index contributed by atoms with van der Waals surface area (Å²) in [4.78, 5) is 4.17. The van der Waals surface area contributed by atoms with E-state index in [4.69, 9.17) is 10.2 Å². The van der Waals surface area contributed by atoms with E-state index in [9.17, 15) is 0 Å². The van der Waals surface area contributed by atoms with Crippen LogP contribution in [0.3, 0.4) is 0 Å². The van der Waals surface area contributed by atoms with Gasteiger partial charge in [-0.25, -0.2) is 0 Å². The Labute approximate surface area is 75.2 Å². The molecule has 13 heavy (non-hydrogen) atoms. The van der Waals surface area contributed by atoms with Crippen molar-refractivity contribution < 1.29 is 4.42 Å². The van der Waals surface area contributed by atoms with Crippen LogP contribution in [0.15, 0.2) is 16.7 Å². The van der Waals surface area contributed by atoms with Crippen molar-refractivity contribution in [1.82, 2.24) is 14.8 Å². The van der Waals surface area contributed by atoms with Crippen LogP contribution in [-0.4, -0.2) is 14.8 Å². The Morgan fingerprint density at radius 2 is 2.23 bits per heavy atom. The number of rotatable bonds is 1. The second-order valence-corrected chi connectivity index (χ2v) is 2.82. The van der Waals surface area contributed by atoms with Gasteiger partial charge in [0.05, 0.1) is 5.69 Å². The van der Waals surface area contributed by atoms with E-state index < -0.39 is 0 Å². The minimum atomic E-state index is 0.451. The molecule has 0 saturated heterocycles. The lowest BCUT2D eigenvalue weighted by atomic mass is 10.4. The lowest BCUT2D eigenvalue weighted by Crippen LogP contribution is -1.96. The van der Waals surface area contributed by atoms with Crippen LogP contribution in [0.1, 0.15) is 11.5 Å². The summed E-state index contributed by atoms with van der Waals surface area (Å²) in [6, 6.07) is 2.14. The normalized spacial score (nSPS) is 10.6. The molecule has 0 atom stereocenters. The van der Waals surface area contributed by atoms with Crippen molar-refractivity contribution >= 4 is 5.82 Å². The van der Waals surface area contributed by atoms with Crippen LogP contribution in [0.5, 0.6) is 0 Å². The summed E-state index contributed by atoms with van der Waals surface area (Å²) in [5.74, 6) is 1.25. The van der Waals surface area contributed by atoms with Crippen molar-refractivity contribution in [2.75, 3.05) is 5.73 Å². The van der Waals surface area contributed by atoms with Gasteiger partial charge in [0.25, 0.3) is 0 Å². The molecule has 0 radical (unpaired) electrons. The van der Waals surface area contributed by atoms with Crippen LogP contribution in [0.4, 0.5) is 5.82 Å². The Hall–Kier alpha value is -1.78. The van der Waals surface area contributed by atoms with E-state index in [-0.39, 0.29) is 0 Å². The van der Waals surface area contributed by atoms with Crippen molar-refractivity contribution in [1.29, 1.82) is 0 Å². The largest absolute Gasteiger partial charge is 0.427 e. The predicted octanol–water partition coefficient (Wildman–Crippen LogP) is 1.06. The fraction of sp³-hybridized carbons (Fsp3) is 0.250. The standard InChI is InChI=1S/C8H10N4O/c1-5-6(2)13-8(10-5)12-4-3-7(9)11-12/h3-4H,1-2H3,(H2,9,11). The third-order valence-corrected chi connectivity index (χ3v) is 1.82. The molecule has 2 heterocycles. The number of nitrogens with zero attached hydrogens (tertiary/aromatic N) is 3. The minimum Gasteiger partial charge on any atom is -0.427 e. The van der Waals surface area contributed by atoms with Crippen molar-refractivity contribution in [2.24, 2.45) is 0 Å². The molecule has 0 unspecified atom stereocenters. The molecule has 5 nitrogen and oxygen atoms in total. The first-order chi connectivity index (χ1) is 6.16. The van der Waals surface area contributed by atoms with Crippen LogP contribution in [-0.2, 0) is 0 Å². The van der Waals surface area contributed by atoms with Gasteiger partial charge in [-0.3, -0.25) is 0 Å². The molecule has 0 aliphatic carbocycles. The molecule has 0 bridgehead atoms. The molecule has 0 aliphatic rings. The van der Waals surface area contributed by atoms with E-state index in [1.54, 1.807) is 12.3 Å². The zero-order valence-electron chi connectivity index (χ0n) is 7.48. The monoisotopic (exact) mass is 178 g/mol. The quantitative estimate of drug-likeness (QED) is 0.708. The Balaban J connectivity index is 2.46. The number of nitrogens with two attached hydrogens (primary N) is 1. The second kappa shape index (κ2) is 2.62. The van der Waals surface area contributed by atoms with Gasteiger partial charge in [-0.1, -0.05) is 0 Å². The molecule has 0 amide bonds. The third-order valence-electron chi connectivity index (χ3n) is 1.82. The molecule has 0 aromatic carbocycles. The van der Waals surface area contributed by atoms with Gasteiger partial charge in [0.15, 0.2) is 0 Å². The lowest BCUT2D eigenvalue weighted by molar-refractivity contribution is 0.486. The molecule has 0 spiro atoms. The number of oxazole rings is 1. The van der Waals surface area contributed by atoms with Crippen molar-refractivity contribution in [3.8, 4) is 6.01 Å². The maximum Gasteiger partial charge on any atom is 0.323 e. The van der Waals surface area contributed by atoms with Crippen LogP contribution in [0, 0.1) is 13.8 Å². The number of hydrogen-bond donors (Lipinski definition) is 1. The summed E-state index contributed by atoms with van der Waals surface area (Å²) < 4.78 is 6.86.